The van der Waals surface area contributed by atoms with Crippen LogP contribution in [0.15, 0.2) is 40.8 Å². The quantitative estimate of drug-likeness (QED) is 0.563. The first-order valence-corrected chi connectivity index (χ1v) is 10.2. The molecule has 3 atom stereocenters. The molecule has 6 heteroatoms. The van der Waals surface area contributed by atoms with Crippen LogP contribution in [-0.4, -0.2) is 29.0 Å². The van der Waals surface area contributed by atoms with Crippen LogP contribution in [0.1, 0.15) is 29.8 Å². The molecule has 2 N–H and O–H groups in total. The highest BCUT2D eigenvalue weighted by atomic mass is 127. The molecule has 128 valence electrons. The normalized spacial score (nSPS) is 24.4. The molecule has 4 nitrogen and oxygen atoms in total. The average molecular weight is 442 g/mol. The highest BCUT2D eigenvalue weighted by molar-refractivity contribution is 14.1. The smallest absolute Gasteiger partial charge is 0.287 e. The van der Waals surface area contributed by atoms with Crippen LogP contribution in [0.4, 0.5) is 4.39 Å². The summed E-state index contributed by atoms with van der Waals surface area (Å²) in [4.78, 5) is 14.3. The van der Waals surface area contributed by atoms with Crippen LogP contribution < -0.4 is 10.6 Å². The molecule has 4 rings (SSSR count). The van der Waals surface area contributed by atoms with Crippen molar-refractivity contribution in [2.45, 2.75) is 37.4 Å². The summed E-state index contributed by atoms with van der Waals surface area (Å²) in [6, 6.07) is 10.5. The number of hydrogen-bond acceptors (Lipinski definition) is 3. The second kappa shape index (κ2) is 7.65. The van der Waals surface area contributed by atoms with Gasteiger partial charge in [-0.25, -0.2) is 4.39 Å². The van der Waals surface area contributed by atoms with E-state index in [9.17, 15) is 9.18 Å². The molecular weight excluding hydrogens is 422 g/mol. The van der Waals surface area contributed by atoms with Crippen molar-refractivity contribution >= 4 is 28.5 Å². The summed E-state index contributed by atoms with van der Waals surface area (Å²) in [5.74, 6) is 0.378. The second-order valence-corrected chi connectivity index (χ2v) is 6.03. The van der Waals surface area contributed by atoms with Crippen molar-refractivity contribution in [3.05, 3.63) is 48.0 Å². The van der Waals surface area contributed by atoms with Crippen LogP contribution in [-0.2, 0) is 0 Å². The maximum Gasteiger partial charge on any atom is 0.287 e. The lowest BCUT2D eigenvalue weighted by Crippen LogP contribution is -2.42. The van der Waals surface area contributed by atoms with Gasteiger partial charge in [0.1, 0.15) is 11.6 Å². The molecule has 2 aromatic rings. The summed E-state index contributed by atoms with van der Waals surface area (Å²) in [6.45, 7) is 0. The van der Waals surface area contributed by atoms with Gasteiger partial charge in [-0.05, 0) is 60.6 Å². The Morgan fingerprint density at radius 3 is 2.58 bits per heavy atom. The van der Waals surface area contributed by atoms with Gasteiger partial charge in [0.15, 0.2) is 5.76 Å². The van der Waals surface area contributed by atoms with E-state index in [-0.39, 0.29) is 17.8 Å². The molecular formula is C18H20FIN2O2. The predicted molar refractivity (Wildman–Crippen MR) is 99.9 cm³/mol. The molecule has 3 heterocycles. The molecule has 2 saturated heterocycles. The Labute approximate surface area is 154 Å². The number of amides is 1. The largest absolute Gasteiger partial charge is 0.451 e. The van der Waals surface area contributed by atoms with Gasteiger partial charge < -0.3 is 15.1 Å². The maximum absolute atomic E-state index is 12.9. The predicted octanol–water partition coefficient (Wildman–Crippen LogP) is 3.76. The van der Waals surface area contributed by atoms with Crippen LogP contribution in [0, 0.1) is 5.82 Å². The number of rotatable bonds is 3. The van der Waals surface area contributed by atoms with Crippen molar-refractivity contribution in [3.63, 3.8) is 0 Å². The van der Waals surface area contributed by atoms with Crippen LogP contribution in [0.2, 0.25) is 0 Å². The summed E-state index contributed by atoms with van der Waals surface area (Å²) in [6.07, 6.45) is 3.31. The van der Waals surface area contributed by atoms with Gasteiger partial charge in [-0.3, -0.25) is 4.79 Å². The third-order valence-electron chi connectivity index (χ3n) is 4.58. The molecule has 0 aliphatic carbocycles. The molecule has 1 aromatic heterocycles. The third kappa shape index (κ3) is 3.64. The van der Waals surface area contributed by atoms with Gasteiger partial charge in [-0.1, -0.05) is 22.6 Å². The lowest BCUT2D eigenvalue weighted by Gasteiger charge is -2.20. The first-order chi connectivity index (χ1) is 11.7. The van der Waals surface area contributed by atoms with E-state index in [1.54, 1.807) is 24.3 Å². The Hall–Kier alpha value is -1.41. The average Bonchev–Trinajstić information content (AvgIpc) is 3.34. The van der Waals surface area contributed by atoms with Crippen LogP contribution in [0.3, 0.4) is 0 Å². The fourth-order valence-electron chi connectivity index (χ4n) is 3.45. The standard InChI is InChI=1S/C17H17FN2O2.CH3I/c18-11-3-1-10(2-4-11)15-7-8-16(22-15)17(21)20-14-9-12-5-6-13(14)19-12;1-2/h1-4,7-8,12-14,19H,5-6,9H2,(H,20,21);1H3/t12?,13?,14-;/m1./s1. The number of carbonyl (C=O) groups is 1. The molecule has 1 aromatic carbocycles. The van der Waals surface area contributed by atoms with E-state index in [1.807, 2.05) is 4.93 Å². The highest BCUT2D eigenvalue weighted by Gasteiger charge is 2.39. The van der Waals surface area contributed by atoms with E-state index in [0.29, 0.717) is 23.6 Å². The molecule has 2 fully saturated rings. The van der Waals surface area contributed by atoms with E-state index >= 15 is 0 Å². The fraction of sp³-hybridized carbons (Fsp3) is 0.389. The van der Waals surface area contributed by atoms with Crippen LogP contribution in [0.5, 0.6) is 0 Å². The topological polar surface area (TPSA) is 54.3 Å². The zero-order valence-corrected chi connectivity index (χ0v) is 15.5. The molecule has 0 spiro atoms. The summed E-state index contributed by atoms with van der Waals surface area (Å²) in [5, 5.41) is 6.54. The van der Waals surface area contributed by atoms with Crippen molar-refractivity contribution in [3.8, 4) is 11.3 Å². The van der Waals surface area contributed by atoms with Crippen molar-refractivity contribution < 1.29 is 13.6 Å². The number of hydrogen-bond donors (Lipinski definition) is 2. The van der Waals surface area contributed by atoms with E-state index in [1.165, 1.54) is 18.6 Å². The molecule has 2 aliphatic heterocycles. The monoisotopic (exact) mass is 442 g/mol. The molecule has 24 heavy (non-hydrogen) atoms. The molecule has 0 radical (unpaired) electrons. The first kappa shape index (κ1) is 17.4. The van der Waals surface area contributed by atoms with E-state index < -0.39 is 0 Å². The number of halogens is 2. The molecule has 2 bridgehead atoms. The van der Waals surface area contributed by atoms with Gasteiger partial charge in [0, 0.05) is 23.7 Å². The maximum atomic E-state index is 12.9. The Morgan fingerprint density at radius 1 is 1.21 bits per heavy atom. The minimum Gasteiger partial charge on any atom is -0.451 e. The highest BCUT2D eigenvalue weighted by Crippen LogP contribution is 2.29. The van der Waals surface area contributed by atoms with Crippen LogP contribution >= 0.6 is 22.6 Å². The van der Waals surface area contributed by atoms with E-state index in [4.69, 9.17) is 4.42 Å². The number of fused-ring (bicyclic) bond motifs is 2. The summed E-state index contributed by atoms with van der Waals surface area (Å²) in [7, 11) is 0. The number of carbonyl (C=O) groups excluding carboxylic acids is 1. The van der Waals surface area contributed by atoms with Crippen molar-refractivity contribution in [2.24, 2.45) is 0 Å². The van der Waals surface area contributed by atoms with Crippen molar-refractivity contribution in [2.75, 3.05) is 4.93 Å². The number of benzene rings is 1. The number of nitrogens with one attached hydrogen (secondary N) is 2. The molecule has 2 aliphatic rings. The Morgan fingerprint density at radius 2 is 1.96 bits per heavy atom. The zero-order valence-electron chi connectivity index (χ0n) is 13.4. The molecule has 1 amide bonds. The van der Waals surface area contributed by atoms with Crippen molar-refractivity contribution in [1.29, 1.82) is 0 Å². The first-order valence-electron chi connectivity index (χ1n) is 7.99. The summed E-state index contributed by atoms with van der Waals surface area (Å²) >= 11 is 2.15. The summed E-state index contributed by atoms with van der Waals surface area (Å²) in [5.41, 5.74) is 0.752. The number of alkyl halides is 1. The van der Waals surface area contributed by atoms with E-state index in [0.717, 1.165) is 18.4 Å². The van der Waals surface area contributed by atoms with Crippen molar-refractivity contribution in [1.82, 2.24) is 10.6 Å². The van der Waals surface area contributed by atoms with Gasteiger partial charge >= 0.3 is 0 Å². The Kier molecular flexibility index (Phi) is 5.55. The Bertz CT molecular complexity index is 701. The van der Waals surface area contributed by atoms with Gasteiger partial charge in [-0.15, -0.1) is 0 Å². The lowest BCUT2D eigenvalue weighted by molar-refractivity contribution is 0.0903. The number of furan rings is 1. The Balaban J connectivity index is 0.000000815. The lowest BCUT2D eigenvalue weighted by atomic mass is 9.95. The van der Waals surface area contributed by atoms with E-state index in [2.05, 4.69) is 33.2 Å². The second-order valence-electron chi connectivity index (χ2n) is 6.03. The molecule has 2 unspecified atom stereocenters. The van der Waals surface area contributed by atoms with Gasteiger partial charge in [0.25, 0.3) is 5.91 Å². The van der Waals surface area contributed by atoms with Gasteiger partial charge in [-0.2, -0.15) is 0 Å². The summed E-state index contributed by atoms with van der Waals surface area (Å²) < 4.78 is 18.5. The fourth-order valence-corrected chi connectivity index (χ4v) is 3.45. The molecule has 0 saturated carbocycles. The zero-order chi connectivity index (χ0) is 17.1. The SMILES string of the molecule is CI.O=C(N[C@@H]1CC2CCC1N2)c1ccc(-c2ccc(F)cc2)o1. The van der Waals surface area contributed by atoms with Crippen LogP contribution in [0.25, 0.3) is 11.3 Å². The van der Waals surface area contributed by atoms with Gasteiger partial charge in [0.05, 0.1) is 0 Å². The van der Waals surface area contributed by atoms with Gasteiger partial charge in [0.2, 0.25) is 0 Å². The minimum absolute atomic E-state index is 0.186. The third-order valence-corrected chi connectivity index (χ3v) is 4.58. The minimum atomic E-state index is -0.294.